The molecule has 3 aromatic rings. The first-order valence-electron chi connectivity index (χ1n) is 7.15. The summed E-state index contributed by atoms with van der Waals surface area (Å²) in [6, 6.07) is 4.60. The number of hydrogen-bond donors (Lipinski definition) is 4. The van der Waals surface area contributed by atoms with Crippen LogP contribution in [0.25, 0.3) is 10.9 Å². The van der Waals surface area contributed by atoms with Gasteiger partial charge in [-0.05, 0) is 32.0 Å². The van der Waals surface area contributed by atoms with Gasteiger partial charge < -0.3 is 20.7 Å². The lowest BCUT2D eigenvalue weighted by Gasteiger charge is -2.11. The number of amides is 1. The molecule has 2 aromatic heterocycles. The van der Waals surface area contributed by atoms with Gasteiger partial charge in [0.05, 0.1) is 11.6 Å². The molecule has 0 saturated carbocycles. The Bertz CT molecular complexity index is 895. The minimum atomic E-state index is -0.376. The van der Waals surface area contributed by atoms with E-state index in [4.69, 9.17) is 5.73 Å². The number of anilines is 1. The summed E-state index contributed by atoms with van der Waals surface area (Å²) in [5.41, 5.74) is 7.69. The summed E-state index contributed by atoms with van der Waals surface area (Å²) in [6.07, 6.45) is 0. The van der Waals surface area contributed by atoms with Crippen LogP contribution in [-0.4, -0.2) is 30.8 Å². The zero-order valence-corrected chi connectivity index (χ0v) is 13.1. The monoisotopic (exact) mass is 314 g/mol. The fourth-order valence-electron chi connectivity index (χ4n) is 2.67. The van der Waals surface area contributed by atoms with Crippen molar-refractivity contribution in [2.45, 2.75) is 19.9 Å². The third-order valence-electron chi connectivity index (χ3n) is 3.98. The van der Waals surface area contributed by atoms with Crippen LogP contribution in [0.4, 0.5) is 5.95 Å². The quantitative estimate of drug-likeness (QED) is 0.582. The van der Waals surface area contributed by atoms with Crippen LogP contribution < -0.4 is 11.1 Å². The molecule has 1 aromatic carbocycles. The third kappa shape index (κ3) is 2.48. The third-order valence-corrected chi connectivity index (χ3v) is 3.98. The van der Waals surface area contributed by atoms with Crippen LogP contribution in [0.1, 0.15) is 34.8 Å². The van der Waals surface area contributed by atoms with E-state index in [0.29, 0.717) is 16.8 Å². The number of nitrogens with one attached hydrogen (secondary N) is 2. The number of aryl methyl sites for hydroxylation is 1. The fraction of sp³-hybridized carbons (Fsp3) is 0.267. The largest absolute Gasteiger partial charge is 0.508 e. The number of H-pyrrole nitrogens is 1. The number of aromatic nitrogens is 4. The number of nitrogen functional groups attached to an aromatic ring is 1. The first kappa shape index (κ1) is 14.9. The van der Waals surface area contributed by atoms with Crippen LogP contribution >= 0.6 is 0 Å². The summed E-state index contributed by atoms with van der Waals surface area (Å²) in [5.74, 6) is 0.485. The number of hydrogen-bond acceptors (Lipinski definition) is 5. The van der Waals surface area contributed by atoms with Crippen LogP contribution in [0.5, 0.6) is 5.75 Å². The average molecular weight is 314 g/mol. The Morgan fingerprint density at radius 1 is 1.48 bits per heavy atom. The average Bonchev–Trinajstić information content (AvgIpc) is 3.02. The number of carbonyl (C=O) groups is 1. The lowest BCUT2D eigenvalue weighted by Crippen LogP contribution is -2.28. The molecule has 0 spiro atoms. The van der Waals surface area contributed by atoms with Crippen molar-refractivity contribution in [3.63, 3.8) is 0 Å². The first-order valence-corrected chi connectivity index (χ1v) is 7.15. The molecule has 3 rings (SSSR count). The van der Waals surface area contributed by atoms with Crippen molar-refractivity contribution >= 4 is 22.8 Å². The van der Waals surface area contributed by atoms with Gasteiger partial charge in [0.15, 0.2) is 0 Å². The number of nitrogens with zero attached hydrogens (tertiary/aromatic N) is 3. The number of aromatic hydroxyl groups is 1. The Labute approximate surface area is 132 Å². The number of phenols is 1. The van der Waals surface area contributed by atoms with E-state index >= 15 is 0 Å². The van der Waals surface area contributed by atoms with Gasteiger partial charge in [-0.3, -0.25) is 9.89 Å². The summed E-state index contributed by atoms with van der Waals surface area (Å²) in [5, 5.41) is 19.7. The number of fused-ring (bicyclic) bond motifs is 1. The van der Waals surface area contributed by atoms with E-state index in [2.05, 4.69) is 20.5 Å². The maximum Gasteiger partial charge on any atom is 0.254 e. The van der Waals surface area contributed by atoms with E-state index in [-0.39, 0.29) is 23.6 Å². The molecule has 0 aliphatic carbocycles. The highest BCUT2D eigenvalue weighted by Crippen LogP contribution is 2.28. The lowest BCUT2D eigenvalue weighted by atomic mass is 10.1. The normalized spacial score (nSPS) is 12.5. The SMILES string of the molecule is Cc1c(C(=O)NC(C)c2nc(N)n[nH]2)c2cc(O)ccc2n1C. The maximum absolute atomic E-state index is 12.7. The zero-order valence-electron chi connectivity index (χ0n) is 13.1. The minimum Gasteiger partial charge on any atom is -0.508 e. The molecule has 0 saturated heterocycles. The maximum atomic E-state index is 12.7. The van der Waals surface area contributed by atoms with E-state index in [0.717, 1.165) is 11.2 Å². The van der Waals surface area contributed by atoms with E-state index in [1.807, 2.05) is 18.5 Å². The summed E-state index contributed by atoms with van der Waals surface area (Å²) in [4.78, 5) is 16.7. The minimum absolute atomic E-state index is 0.119. The smallest absolute Gasteiger partial charge is 0.254 e. The van der Waals surface area contributed by atoms with Gasteiger partial charge in [-0.1, -0.05) is 0 Å². The Hall–Kier alpha value is -3.03. The van der Waals surface area contributed by atoms with Crippen molar-refractivity contribution in [3.8, 4) is 5.75 Å². The molecular formula is C15H18N6O2. The fourth-order valence-corrected chi connectivity index (χ4v) is 2.67. The molecule has 0 aliphatic rings. The van der Waals surface area contributed by atoms with Crippen LogP contribution in [-0.2, 0) is 7.05 Å². The van der Waals surface area contributed by atoms with Gasteiger partial charge in [-0.15, -0.1) is 5.10 Å². The Morgan fingerprint density at radius 3 is 2.87 bits per heavy atom. The van der Waals surface area contributed by atoms with Crippen molar-refractivity contribution < 1.29 is 9.90 Å². The lowest BCUT2D eigenvalue weighted by molar-refractivity contribution is 0.0939. The topological polar surface area (TPSA) is 122 Å². The van der Waals surface area contributed by atoms with Crippen molar-refractivity contribution in [1.82, 2.24) is 25.1 Å². The van der Waals surface area contributed by atoms with Crippen molar-refractivity contribution in [2.24, 2.45) is 7.05 Å². The van der Waals surface area contributed by atoms with Crippen molar-refractivity contribution in [2.75, 3.05) is 5.73 Å². The molecule has 8 nitrogen and oxygen atoms in total. The van der Waals surface area contributed by atoms with Gasteiger partial charge >= 0.3 is 0 Å². The van der Waals surface area contributed by atoms with Crippen LogP contribution in [0, 0.1) is 6.92 Å². The summed E-state index contributed by atoms with van der Waals surface area (Å²) >= 11 is 0. The second kappa shape index (κ2) is 5.31. The van der Waals surface area contributed by atoms with E-state index in [1.165, 1.54) is 0 Å². The molecule has 0 aliphatic heterocycles. The van der Waals surface area contributed by atoms with Gasteiger partial charge in [0.25, 0.3) is 5.91 Å². The highest BCUT2D eigenvalue weighted by molar-refractivity contribution is 6.08. The standard InChI is InChI=1S/C15H18N6O2/c1-7(13-18-15(16)20-19-13)17-14(23)12-8(2)21(3)11-5-4-9(22)6-10(11)12/h4-7,22H,1-3H3,(H,17,23)(H3,16,18,19,20). The molecule has 23 heavy (non-hydrogen) atoms. The predicted octanol–water partition coefficient (Wildman–Crippen LogP) is 1.38. The van der Waals surface area contributed by atoms with E-state index < -0.39 is 0 Å². The Morgan fingerprint density at radius 2 is 2.22 bits per heavy atom. The molecule has 0 fully saturated rings. The molecule has 5 N–H and O–H groups in total. The molecule has 8 heteroatoms. The van der Waals surface area contributed by atoms with Crippen LogP contribution in [0.15, 0.2) is 18.2 Å². The second-order valence-corrected chi connectivity index (χ2v) is 5.49. The van der Waals surface area contributed by atoms with Crippen LogP contribution in [0.2, 0.25) is 0 Å². The summed E-state index contributed by atoms with van der Waals surface area (Å²) in [7, 11) is 1.88. The molecule has 120 valence electrons. The highest BCUT2D eigenvalue weighted by Gasteiger charge is 2.21. The first-order chi connectivity index (χ1) is 10.9. The zero-order chi connectivity index (χ0) is 16.7. The summed E-state index contributed by atoms with van der Waals surface area (Å²) < 4.78 is 1.92. The van der Waals surface area contributed by atoms with Gasteiger partial charge in [0, 0.05) is 23.6 Å². The molecule has 1 unspecified atom stereocenters. The second-order valence-electron chi connectivity index (χ2n) is 5.49. The predicted molar refractivity (Wildman–Crippen MR) is 86.0 cm³/mol. The van der Waals surface area contributed by atoms with Crippen molar-refractivity contribution in [3.05, 3.63) is 35.3 Å². The molecule has 0 bridgehead atoms. The molecule has 2 heterocycles. The highest BCUT2D eigenvalue weighted by atomic mass is 16.3. The molecular weight excluding hydrogens is 296 g/mol. The number of benzene rings is 1. The number of rotatable bonds is 3. The van der Waals surface area contributed by atoms with Gasteiger partial charge in [-0.25, -0.2) is 0 Å². The van der Waals surface area contributed by atoms with Gasteiger partial charge in [-0.2, -0.15) is 4.98 Å². The van der Waals surface area contributed by atoms with E-state index in [9.17, 15) is 9.90 Å². The Kier molecular flexibility index (Phi) is 3.44. The number of phenolic OH excluding ortho intramolecular Hbond substituents is 1. The molecule has 1 atom stereocenters. The van der Waals surface area contributed by atoms with E-state index in [1.54, 1.807) is 25.1 Å². The van der Waals surface area contributed by atoms with Crippen molar-refractivity contribution in [1.29, 1.82) is 0 Å². The number of aromatic amines is 1. The molecule has 0 radical (unpaired) electrons. The van der Waals surface area contributed by atoms with Crippen LogP contribution in [0.3, 0.4) is 0 Å². The van der Waals surface area contributed by atoms with Gasteiger partial charge in [0.2, 0.25) is 5.95 Å². The Balaban J connectivity index is 1.98. The van der Waals surface area contributed by atoms with Gasteiger partial charge in [0.1, 0.15) is 11.6 Å². The number of nitrogens with two attached hydrogens (primary N) is 1. The summed E-state index contributed by atoms with van der Waals surface area (Å²) in [6.45, 7) is 3.65. The number of carbonyl (C=O) groups excluding carboxylic acids is 1. The molecule has 1 amide bonds.